The summed E-state index contributed by atoms with van der Waals surface area (Å²) in [4.78, 5) is 0. The number of allylic oxidation sites excluding steroid dienone is 1. The maximum Gasteiger partial charge on any atom is -0.00425 e. The third-order valence-corrected chi connectivity index (χ3v) is 2.52. The van der Waals surface area contributed by atoms with Gasteiger partial charge in [-0.25, -0.2) is 0 Å². The van der Waals surface area contributed by atoms with Gasteiger partial charge < -0.3 is 5.73 Å². The van der Waals surface area contributed by atoms with Crippen molar-refractivity contribution >= 4 is 0 Å². The molecule has 0 saturated heterocycles. The SMILES string of the molecule is CC1CCC(=CCCN)CC1. The molecule has 1 aliphatic rings. The van der Waals surface area contributed by atoms with E-state index in [4.69, 9.17) is 5.73 Å². The second-order valence-electron chi connectivity index (χ2n) is 3.62. The first-order valence-electron chi connectivity index (χ1n) is 4.71. The van der Waals surface area contributed by atoms with Crippen LogP contribution in [-0.4, -0.2) is 6.54 Å². The predicted molar refractivity (Wildman–Crippen MR) is 49.4 cm³/mol. The normalized spacial score (nSPS) is 25.3. The van der Waals surface area contributed by atoms with Crippen LogP contribution in [0.4, 0.5) is 0 Å². The van der Waals surface area contributed by atoms with Crippen molar-refractivity contribution in [1.82, 2.24) is 0 Å². The van der Waals surface area contributed by atoms with Crippen molar-refractivity contribution in [3.8, 4) is 0 Å². The molecule has 0 aromatic rings. The summed E-state index contributed by atoms with van der Waals surface area (Å²) in [5.74, 6) is 0.949. The van der Waals surface area contributed by atoms with E-state index in [0.717, 1.165) is 18.9 Å². The van der Waals surface area contributed by atoms with Gasteiger partial charge in [-0.1, -0.05) is 18.6 Å². The van der Waals surface area contributed by atoms with E-state index >= 15 is 0 Å². The van der Waals surface area contributed by atoms with E-state index in [1.807, 2.05) is 0 Å². The van der Waals surface area contributed by atoms with Crippen LogP contribution >= 0.6 is 0 Å². The van der Waals surface area contributed by atoms with Crippen molar-refractivity contribution in [2.75, 3.05) is 6.54 Å². The van der Waals surface area contributed by atoms with Gasteiger partial charge in [0.15, 0.2) is 0 Å². The first-order valence-corrected chi connectivity index (χ1v) is 4.71. The van der Waals surface area contributed by atoms with E-state index in [1.165, 1.54) is 25.7 Å². The highest BCUT2D eigenvalue weighted by molar-refractivity contribution is 5.04. The van der Waals surface area contributed by atoms with E-state index in [9.17, 15) is 0 Å². The molecule has 1 aliphatic carbocycles. The summed E-state index contributed by atoms with van der Waals surface area (Å²) in [6.45, 7) is 3.15. The van der Waals surface area contributed by atoms with Gasteiger partial charge in [-0.2, -0.15) is 0 Å². The van der Waals surface area contributed by atoms with Gasteiger partial charge in [0.05, 0.1) is 0 Å². The van der Waals surface area contributed by atoms with Gasteiger partial charge in [0.25, 0.3) is 0 Å². The summed E-state index contributed by atoms with van der Waals surface area (Å²) >= 11 is 0. The van der Waals surface area contributed by atoms with Gasteiger partial charge >= 0.3 is 0 Å². The molecule has 0 heterocycles. The van der Waals surface area contributed by atoms with Crippen LogP contribution in [0.3, 0.4) is 0 Å². The lowest BCUT2D eigenvalue weighted by Crippen LogP contribution is -2.04. The quantitative estimate of drug-likeness (QED) is 0.606. The van der Waals surface area contributed by atoms with Crippen LogP contribution < -0.4 is 5.73 Å². The molecule has 0 amide bonds. The summed E-state index contributed by atoms with van der Waals surface area (Å²) in [5.41, 5.74) is 7.08. The first-order chi connectivity index (χ1) is 5.33. The molecule has 0 unspecified atom stereocenters. The van der Waals surface area contributed by atoms with Gasteiger partial charge in [-0.15, -0.1) is 0 Å². The molecule has 64 valence electrons. The molecule has 0 atom stereocenters. The smallest absolute Gasteiger partial charge is 0.00425 e. The monoisotopic (exact) mass is 153 g/mol. The molecular formula is C10H19N. The Morgan fingerprint density at radius 1 is 1.45 bits per heavy atom. The minimum absolute atomic E-state index is 0.805. The molecule has 1 fully saturated rings. The third-order valence-electron chi connectivity index (χ3n) is 2.52. The van der Waals surface area contributed by atoms with E-state index in [0.29, 0.717) is 0 Å². The van der Waals surface area contributed by atoms with Crippen LogP contribution in [0.5, 0.6) is 0 Å². The fourth-order valence-electron chi connectivity index (χ4n) is 1.62. The molecule has 0 aliphatic heterocycles. The highest BCUT2D eigenvalue weighted by Crippen LogP contribution is 2.27. The Hall–Kier alpha value is -0.300. The first kappa shape index (κ1) is 8.79. The zero-order chi connectivity index (χ0) is 8.10. The summed E-state index contributed by atoms with van der Waals surface area (Å²) in [7, 11) is 0. The molecule has 0 aromatic heterocycles. The van der Waals surface area contributed by atoms with Gasteiger partial charge in [-0.05, 0) is 44.6 Å². The van der Waals surface area contributed by atoms with Crippen molar-refractivity contribution in [2.45, 2.75) is 39.0 Å². The molecular weight excluding hydrogens is 134 g/mol. The summed E-state index contributed by atoms with van der Waals surface area (Å²) in [6, 6.07) is 0. The molecule has 0 aromatic carbocycles. The third kappa shape index (κ3) is 3.06. The number of hydrogen-bond donors (Lipinski definition) is 1. The Morgan fingerprint density at radius 2 is 2.09 bits per heavy atom. The molecule has 0 radical (unpaired) electrons. The van der Waals surface area contributed by atoms with Crippen LogP contribution in [0, 0.1) is 5.92 Å². The lowest BCUT2D eigenvalue weighted by molar-refractivity contribution is 0.443. The molecule has 1 saturated carbocycles. The minimum Gasteiger partial charge on any atom is -0.330 e. The minimum atomic E-state index is 0.805. The summed E-state index contributed by atoms with van der Waals surface area (Å²) in [6.07, 6.45) is 8.82. The zero-order valence-corrected chi connectivity index (χ0v) is 7.47. The van der Waals surface area contributed by atoms with E-state index < -0.39 is 0 Å². The van der Waals surface area contributed by atoms with Crippen LogP contribution in [0.2, 0.25) is 0 Å². The average Bonchev–Trinajstić information content (AvgIpc) is 2.04. The maximum absolute atomic E-state index is 5.43. The second kappa shape index (κ2) is 4.55. The van der Waals surface area contributed by atoms with Crippen LogP contribution in [0.15, 0.2) is 11.6 Å². The van der Waals surface area contributed by atoms with Gasteiger partial charge in [-0.3, -0.25) is 0 Å². The Morgan fingerprint density at radius 3 is 2.64 bits per heavy atom. The maximum atomic E-state index is 5.43. The summed E-state index contributed by atoms with van der Waals surface area (Å²) in [5, 5.41) is 0. The molecule has 1 nitrogen and oxygen atoms in total. The fourth-order valence-corrected chi connectivity index (χ4v) is 1.62. The van der Waals surface area contributed by atoms with Crippen LogP contribution in [0.1, 0.15) is 39.0 Å². The Kier molecular flexibility index (Phi) is 3.64. The standard InChI is InChI=1S/C10H19N/c1-9-4-6-10(7-5-9)3-2-8-11/h3,9H,2,4-8,11H2,1H3. The lowest BCUT2D eigenvalue weighted by Gasteiger charge is -2.19. The highest BCUT2D eigenvalue weighted by Gasteiger charge is 2.10. The zero-order valence-electron chi connectivity index (χ0n) is 7.47. The Labute approximate surface area is 69.7 Å². The topological polar surface area (TPSA) is 26.0 Å². The van der Waals surface area contributed by atoms with E-state index in [1.54, 1.807) is 5.57 Å². The Balaban J connectivity index is 2.26. The molecule has 0 bridgehead atoms. The van der Waals surface area contributed by atoms with Crippen molar-refractivity contribution in [3.63, 3.8) is 0 Å². The lowest BCUT2D eigenvalue weighted by atomic mass is 9.87. The second-order valence-corrected chi connectivity index (χ2v) is 3.62. The molecule has 2 N–H and O–H groups in total. The Bertz CT molecular complexity index is 128. The van der Waals surface area contributed by atoms with Crippen LogP contribution in [-0.2, 0) is 0 Å². The molecule has 11 heavy (non-hydrogen) atoms. The summed E-state index contributed by atoms with van der Waals surface area (Å²) < 4.78 is 0. The number of nitrogens with two attached hydrogens (primary N) is 1. The van der Waals surface area contributed by atoms with Crippen molar-refractivity contribution in [1.29, 1.82) is 0 Å². The van der Waals surface area contributed by atoms with Gasteiger partial charge in [0, 0.05) is 0 Å². The van der Waals surface area contributed by atoms with E-state index in [-0.39, 0.29) is 0 Å². The van der Waals surface area contributed by atoms with Crippen molar-refractivity contribution < 1.29 is 0 Å². The fraction of sp³-hybridized carbons (Fsp3) is 0.800. The van der Waals surface area contributed by atoms with Crippen molar-refractivity contribution in [3.05, 3.63) is 11.6 Å². The highest BCUT2D eigenvalue weighted by atomic mass is 14.5. The van der Waals surface area contributed by atoms with E-state index in [2.05, 4.69) is 13.0 Å². The molecule has 0 spiro atoms. The van der Waals surface area contributed by atoms with Gasteiger partial charge in [0.1, 0.15) is 0 Å². The van der Waals surface area contributed by atoms with Gasteiger partial charge in [0.2, 0.25) is 0 Å². The largest absolute Gasteiger partial charge is 0.330 e. The average molecular weight is 153 g/mol. The number of rotatable bonds is 2. The van der Waals surface area contributed by atoms with Crippen molar-refractivity contribution in [2.24, 2.45) is 11.7 Å². The predicted octanol–water partition coefficient (Wildman–Crippen LogP) is 2.47. The van der Waals surface area contributed by atoms with Crippen LogP contribution in [0.25, 0.3) is 0 Å². The molecule has 1 heteroatoms. The molecule has 1 rings (SSSR count). The number of hydrogen-bond acceptors (Lipinski definition) is 1.